The Balaban J connectivity index is 1.89. The quantitative estimate of drug-likeness (QED) is 0.521. The number of halogens is 5. The van der Waals surface area contributed by atoms with E-state index in [-0.39, 0.29) is 22.7 Å². The molecule has 0 saturated carbocycles. The summed E-state index contributed by atoms with van der Waals surface area (Å²) in [6, 6.07) is 8.38. The Bertz CT molecular complexity index is 850. The molecule has 0 aliphatic carbocycles. The molecule has 150 valence electrons. The fraction of sp³-hybridized carbons (Fsp3) is 0.263. The van der Waals surface area contributed by atoms with E-state index < -0.39 is 42.5 Å². The van der Waals surface area contributed by atoms with Crippen molar-refractivity contribution < 1.29 is 31.9 Å². The third-order valence-electron chi connectivity index (χ3n) is 3.84. The first-order chi connectivity index (χ1) is 13.1. The van der Waals surface area contributed by atoms with E-state index in [2.05, 4.69) is 0 Å². The lowest BCUT2D eigenvalue weighted by molar-refractivity contribution is -0.151. The van der Waals surface area contributed by atoms with Gasteiger partial charge in [0, 0.05) is 24.2 Å². The zero-order valence-corrected chi connectivity index (χ0v) is 15.5. The zero-order valence-electron chi connectivity index (χ0n) is 14.7. The van der Waals surface area contributed by atoms with Crippen LogP contribution < -0.4 is 0 Å². The Morgan fingerprint density at radius 1 is 1.14 bits per heavy atom. The number of nitrogens with zero attached hydrogens (tertiary/aromatic N) is 1. The average molecular weight is 418 g/mol. The Morgan fingerprint density at radius 2 is 1.82 bits per heavy atom. The van der Waals surface area contributed by atoms with Crippen LogP contribution in [-0.4, -0.2) is 30.4 Å². The van der Waals surface area contributed by atoms with Gasteiger partial charge in [0.05, 0.1) is 12.0 Å². The predicted molar refractivity (Wildman–Crippen MR) is 94.0 cm³/mol. The van der Waals surface area contributed by atoms with Gasteiger partial charge >= 0.3 is 12.1 Å². The van der Waals surface area contributed by atoms with Crippen molar-refractivity contribution in [3.05, 3.63) is 70.0 Å². The van der Waals surface area contributed by atoms with E-state index in [1.165, 1.54) is 37.4 Å². The molecular weight excluding hydrogens is 402 g/mol. The molecule has 4 nitrogen and oxygen atoms in total. The van der Waals surface area contributed by atoms with E-state index in [4.69, 9.17) is 16.3 Å². The molecular formula is C19H16ClF4NO3. The minimum Gasteiger partial charge on any atom is -0.455 e. The predicted octanol–water partition coefficient (Wildman–Crippen LogP) is 4.24. The molecule has 0 heterocycles. The number of likely N-dealkylation sites (N-methyl/N-ethyl adjacent to an activating group) is 1. The Morgan fingerprint density at radius 3 is 2.46 bits per heavy atom. The molecule has 0 aliphatic heterocycles. The molecule has 0 atom stereocenters. The molecule has 0 spiro atoms. The first-order valence-electron chi connectivity index (χ1n) is 8.06. The molecule has 2 aromatic carbocycles. The highest BCUT2D eigenvalue weighted by Crippen LogP contribution is 2.29. The van der Waals surface area contributed by atoms with Gasteiger partial charge in [0.15, 0.2) is 6.61 Å². The van der Waals surface area contributed by atoms with Crippen LogP contribution >= 0.6 is 11.6 Å². The average Bonchev–Trinajstić information content (AvgIpc) is 2.62. The first-order valence-corrected chi connectivity index (χ1v) is 8.44. The van der Waals surface area contributed by atoms with Crippen molar-refractivity contribution in [1.29, 1.82) is 0 Å². The molecule has 0 radical (unpaired) electrons. The molecule has 9 heteroatoms. The lowest BCUT2D eigenvalue weighted by Crippen LogP contribution is -2.31. The van der Waals surface area contributed by atoms with Crippen LogP contribution in [0, 0.1) is 5.82 Å². The summed E-state index contributed by atoms with van der Waals surface area (Å²) in [5.74, 6) is -2.05. The standard InChI is InChI=1S/C19H16ClF4NO3/c1-25(10-14-15(20)6-3-7-16(14)21)17(26)11-28-18(27)9-12-4-2-5-13(8-12)19(22,23)24/h2-8H,9-11H2,1H3. The van der Waals surface area contributed by atoms with Crippen LogP contribution in [0.5, 0.6) is 0 Å². The number of carbonyl (C=O) groups excluding carboxylic acids is 2. The fourth-order valence-electron chi connectivity index (χ4n) is 2.34. The molecule has 0 saturated heterocycles. The van der Waals surface area contributed by atoms with Gasteiger partial charge in [-0.3, -0.25) is 9.59 Å². The monoisotopic (exact) mass is 417 g/mol. The highest BCUT2D eigenvalue weighted by Gasteiger charge is 2.30. The van der Waals surface area contributed by atoms with Crippen molar-refractivity contribution in [2.45, 2.75) is 19.1 Å². The summed E-state index contributed by atoms with van der Waals surface area (Å²) in [6.07, 6.45) is -4.94. The van der Waals surface area contributed by atoms with Crippen LogP contribution in [0.2, 0.25) is 5.02 Å². The summed E-state index contributed by atoms with van der Waals surface area (Å²) in [5.41, 5.74) is -0.649. The molecule has 0 aliphatic rings. The van der Waals surface area contributed by atoms with Gasteiger partial charge < -0.3 is 9.64 Å². The van der Waals surface area contributed by atoms with Crippen LogP contribution in [0.4, 0.5) is 17.6 Å². The van der Waals surface area contributed by atoms with Crippen molar-refractivity contribution in [3.8, 4) is 0 Å². The smallest absolute Gasteiger partial charge is 0.416 e. The molecule has 1 amide bonds. The maximum absolute atomic E-state index is 13.8. The van der Waals surface area contributed by atoms with E-state index in [0.29, 0.717) is 0 Å². The Labute approximate surface area is 163 Å². The molecule has 0 fully saturated rings. The SMILES string of the molecule is CN(Cc1c(F)cccc1Cl)C(=O)COC(=O)Cc1cccc(C(F)(F)F)c1. The number of alkyl halides is 3. The summed E-state index contributed by atoms with van der Waals surface area (Å²) >= 11 is 5.90. The lowest BCUT2D eigenvalue weighted by atomic mass is 10.1. The maximum Gasteiger partial charge on any atom is 0.416 e. The highest BCUT2D eigenvalue weighted by molar-refractivity contribution is 6.31. The Kier molecular flexibility index (Phi) is 7.01. The number of rotatable bonds is 6. The molecule has 0 bridgehead atoms. The second-order valence-electron chi connectivity index (χ2n) is 5.99. The van der Waals surface area contributed by atoms with Gasteiger partial charge in [-0.1, -0.05) is 35.9 Å². The summed E-state index contributed by atoms with van der Waals surface area (Å²) in [4.78, 5) is 25.0. The fourth-order valence-corrected chi connectivity index (χ4v) is 2.56. The van der Waals surface area contributed by atoms with E-state index in [0.717, 1.165) is 17.0 Å². The van der Waals surface area contributed by atoms with Crippen molar-refractivity contribution in [2.75, 3.05) is 13.7 Å². The van der Waals surface area contributed by atoms with Crippen LogP contribution in [-0.2, 0) is 33.5 Å². The van der Waals surface area contributed by atoms with Crippen molar-refractivity contribution in [2.24, 2.45) is 0 Å². The second kappa shape index (κ2) is 9.05. The summed E-state index contributed by atoms with van der Waals surface area (Å²) in [6.45, 7) is -0.754. The topological polar surface area (TPSA) is 46.6 Å². The van der Waals surface area contributed by atoms with Crippen LogP contribution in [0.25, 0.3) is 0 Å². The summed E-state index contributed by atoms with van der Waals surface area (Å²) < 4.78 is 56.6. The van der Waals surface area contributed by atoms with Gasteiger partial charge in [-0.2, -0.15) is 13.2 Å². The van der Waals surface area contributed by atoms with Gasteiger partial charge in [-0.25, -0.2) is 4.39 Å². The Hall–Kier alpha value is -2.61. The minimum atomic E-state index is -4.52. The van der Waals surface area contributed by atoms with Gasteiger partial charge in [0.2, 0.25) is 0 Å². The molecule has 28 heavy (non-hydrogen) atoms. The number of amides is 1. The van der Waals surface area contributed by atoms with Gasteiger partial charge in [0.25, 0.3) is 5.91 Å². The highest BCUT2D eigenvalue weighted by atomic mass is 35.5. The van der Waals surface area contributed by atoms with Gasteiger partial charge in [-0.15, -0.1) is 0 Å². The molecule has 0 aromatic heterocycles. The van der Waals surface area contributed by atoms with E-state index in [1.807, 2.05) is 0 Å². The number of benzene rings is 2. The van der Waals surface area contributed by atoms with E-state index in [9.17, 15) is 27.2 Å². The van der Waals surface area contributed by atoms with Crippen molar-refractivity contribution in [1.82, 2.24) is 4.90 Å². The van der Waals surface area contributed by atoms with Gasteiger partial charge in [-0.05, 0) is 23.8 Å². The largest absolute Gasteiger partial charge is 0.455 e. The molecule has 2 aromatic rings. The van der Waals surface area contributed by atoms with Crippen LogP contribution in [0.3, 0.4) is 0 Å². The summed E-state index contributed by atoms with van der Waals surface area (Å²) in [7, 11) is 1.38. The lowest BCUT2D eigenvalue weighted by Gasteiger charge is -2.18. The number of carbonyl (C=O) groups is 2. The number of ether oxygens (including phenoxy) is 1. The zero-order chi connectivity index (χ0) is 20.9. The number of hydrogen-bond acceptors (Lipinski definition) is 3. The normalized spacial score (nSPS) is 11.2. The summed E-state index contributed by atoms with van der Waals surface area (Å²) in [5, 5.41) is 0.154. The molecule has 0 N–H and O–H groups in total. The number of hydrogen-bond donors (Lipinski definition) is 0. The number of esters is 1. The molecule has 0 unspecified atom stereocenters. The third kappa shape index (κ3) is 5.95. The molecule has 2 rings (SSSR count). The van der Waals surface area contributed by atoms with Crippen LogP contribution in [0.15, 0.2) is 42.5 Å². The van der Waals surface area contributed by atoms with E-state index >= 15 is 0 Å². The van der Waals surface area contributed by atoms with Crippen molar-refractivity contribution >= 4 is 23.5 Å². The second-order valence-corrected chi connectivity index (χ2v) is 6.39. The maximum atomic E-state index is 13.8. The van der Waals surface area contributed by atoms with Crippen LogP contribution in [0.1, 0.15) is 16.7 Å². The first kappa shape index (κ1) is 21.7. The van der Waals surface area contributed by atoms with Crippen molar-refractivity contribution in [3.63, 3.8) is 0 Å². The van der Waals surface area contributed by atoms with E-state index in [1.54, 1.807) is 0 Å². The minimum absolute atomic E-state index is 0.110. The van der Waals surface area contributed by atoms with Gasteiger partial charge in [0.1, 0.15) is 5.82 Å². The third-order valence-corrected chi connectivity index (χ3v) is 4.20.